The predicted octanol–water partition coefficient (Wildman–Crippen LogP) is 4.18. The van der Waals surface area contributed by atoms with Gasteiger partial charge >= 0.3 is 0 Å². The van der Waals surface area contributed by atoms with E-state index in [1.807, 2.05) is 0 Å². The van der Waals surface area contributed by atoms with Crippen LogP contribution in [0.2, 0.25) is 0 Å². The molecule has 0 amide bonds. The van der Waals surface area contributed by atoms with Gasteiger partial charge in [0.25, 0.3) is 5.19 Å². The van der Waals surface area contributed by atoms with E-state index in [0.717, 1.165) is 18.7 Å². The summed E-state index contributed by atoms with van der Waals surface area (Å²) in [5, 5.41) is 0.440. The van der Waals surface area contributed by atoms with Crippen molar-refractivity contribution in [1.82, 2.24) is 9.36 Å². The molecule has 0 saturated heterocycles. The second-order valence-corrected chi connectivity index (χ2v) is 4.97. The van der Waals surface area contributed by atoms with Crippen molar-refractivity contribution < 1.29 is 9.13 Å². The number of aryl methyl sites for hydroxylation is 1. The van der Waals surface area contributed by atoms with Gasteiger partial charge in [-0.15, -0.1) is 0 Å². The smallest absolute Gasteiger partial charge is 0.298 e. The lowest BCUT2D eigenvalue weighted by Gasteiger charge is -2.01. The highest BCUT2D eigenvalue weighted by atomic mass is 79.9. The maximum Gasteiger partial charge on any atom is 0.298 e. The lowest BCUT2D eigenvalue weighted by Crippen LogP contribution is -1.88. The maximum absolute atomic E-state index is 13.2. The second-order valence-electron chi connectivity index (χ2n) is 3.40. The van der Waals surface area contributed by atoms with Crippen LogP contribution in [0.25, 0.3) is 0 Å². The van der Waals surface area contributed by atoms with Crippen molar-refractivity contribution in [1.29, 1.82) is 0 Å². The molecule has 6 heteroatoms. The molecule has 1 heterocycles. The first kappa shape index (κ1) is 12.4. The van der Waals surface area contributed by atoms with E-state index >= 15 is 0 Å². The topological polar surface area (TPSA) is 35.0 Å². The van der Waals surface area contributed by atoms with Crippen LogP contribution in [0.1, 0.15) is 19.2 Å². The van der Waals surface area contributed by atoms with Gasteiger partial charge in [-0.2, -0.15) is 9.36 Å². The molecule has 0 radical (unpaired) electrons. The highest BCUT2D eigenvalue weighted by Crippen LogP contribution is 2.26. The van der Waals surface area contributed by atoms with E-state index in [1.165, 1.54) is 17.6 Å². The average Bonchev–Trinajstić information content (AvgIpc) is 2.72. The first-order valence-electron chi connectivity index (χ1n) is 5.14. The van der Waals surface area contributed by atoms with Gasteiger partial charge in [0.15, 0.2) is 0 Å². The minimum Gasteiger partial charge on any atom is -0.430 e. The first-order valence-corrected chi connectivity index (χ1v) is 6.71. The molecule has 0 aliphatic heterocycles. The van der Waals surface area contributed by atoms with Crippen LogP contribution in [0.5, 0.6) is 10.9 Å². The number of hydrogen-bond acceptors (Lipinski definition) is 4. The summed E-state index contributed by atoms with van der Waals surface area (Å²) in [6, 6.07) is 4.58. The molecule has 2 aromatic rings. The third kappa shape index (κ3) is 3.23. The SMILES string of the molecule is CCCc1nsc(Oc2ccc(Br)c(F)c2)n1. The number of benzene rings is 1. The molecule has 2 rings (SSSR count). The molecule has 0 bridgehead atoms. The van der Waals surface area contributed by atoms with Crippen molar-refractivity contribution >= 4 is 27.5 Å². The molecule has 0 fully saturated rings. The van der Waals surface area contributed by atoms with Crippen molar-refractivity contribution in [2.75, 3.05) is 0 Å². The molecule has 0 aliphatic rings. The molecule has 0 atom stereocenters. The van der Waals surface area contributed by atoms with Crippen LogP contribution >= 0.6 is 27.5 Å². The van der Waals surface area contributed by atoms with Crippen LogP contribution in [0, 0.1) is 5.82 Å². The van der Waals surface area contributed by atoms with Crippen molar-refractivity contribution in [3.05, 3.63) is 34.3 Å². The highest BCUT2D eigenvalue weighted by molar-refractivity contribution is 9.10. The molecule has 1 aromatic heterocycles. The Balaban J connectivity index is 2.11. The number of hydrogen-bond donors (Lipinski definition) is 0. The molecule has 0 unspecified atom stereocenters. The maximum atomic E-state index is 13.2. The van der Waals surface area contributed by atoms with Crippen molar-refractivity contribution in [2.45, 2.75) is 19.8 Å². The van der Waals surface area contributed by atoms with Crippen molar-refractivity contribution in [3.8, 4) is 10.9 Å². The van der Waals surface area contributed by atoms with E-state index in [9.17, 15) is 4.39 Å². The summed E-state index contributed by atoms with van der Waals surface area (Å²) in [6.45, 7) is 2.06. The highest BCUT2D eigenvalue weighted by Gasteiger charge is 2.07. The Morgan fingerprint density at radius 3 is 3.00 bits per heavy atom. The van der Waals surface area contributed by atoms with Crippen LogP contribution in [0.15, 0.2) is 22.7 Å². The first-order chi connectivity index (χ1) is 8.19. The Hall–Kier alpha value is -1.01. The molecule has 17 heavy (non-hydrogen) atoms. The quantitative estimate of drug-likeness (QED) is 0.848. The lowest BCUT2D eigenvalue weighted by atomic mass is 10.3. The van der Waals surface area contributed by atoms with Gasteiger partial charge in [0, 0.05) is 24.0 Å². The summed E-state index contributed by atoms with van der Waals surface area (Å²) in [5.74, 6) is 0.829. The summed E-state index contributed by atoms with van der Waals surface area (Å²) in [5.41, 5.74) is 0. The van der Waals surface area contributed by atoms with E-state index in [1.54, 1.807) is 12.1 Å². The van der Waals surface area contributed by atoms with E-state index in [-0.39, 0.29) is 5.82 Å². The summed E-state index contributed by atoms with van der Waals surface area (Å²) in [6.07, 6.45) is 1.82. The Morgan fingerprint density at radius 1 is 1.47 bits per heavy atom. The third-order valence-electron chi connectivity index (χ3n) is 2.02. The average molecular weight is 317 g/mol. The van der Waals surface area contributed by atoms with Gasteiger partial charge in [-0.25, -0.2) is 4.39 Å². The fraction of sp³-hybridized carbons (Fsp3) is 0.273. The third-order valence-corrected chi connectivity index (χ3v) is 3.30. The number of nitrogens with zero attached hydrogens (tertiary/aromatic N) is 2. The summed E-state index contributed by atoms with van der Waals surface area (Å²) >= 11 is 4.26. The minimum absolute atomic E-state index is 0.360. The van der Waals surface area contributed by atoms with E-state index in [0.29, 0.717) is 15.4 Å². The molecule has 0 spiro atoms. The zero-order valence-corrected chi connectivity index (χ0v) is 11.5. The summed E-state index contributed by atoms with van der Waals surface area (Å²) < 4.78 is 23.2. The van der Waals surface area contributed by atoms with Crippen LogP contribution in [-0.2, 0) is 6.42 Å². The van der Waals surface area contributed by atoms with Gasteiger partial charge < -0.3 is 4.74 Å². The normalized spacial score (nSPS) is 10.5. The molecule has 0 aliphatic carbocycles. The van der Waals surface area contributed by atoms with Crippen molar-refractivity contribution in [3.63, 3.8) is 0 Å². The number of aromatic nitrogens is 2. The Morgan fingerprint density at radius 2 is 2.29 bits per heavy atom. The van der Waals surface area contributed by atoms with Gasteiger partial charge in [0.2, 0.25) is 0 Å². The lowest BCUT2D eigenvalue weighted by molar-refractivity contribution is 0.471. The van der Waals surface area contributed by atoms with E-state index in [2.05, 4.69) is 32.2 Å². The van der Waals surface area contributed by atoms with Crippen LogP contribution < -0.4 is 4.74 Å². The fourth-order valence-corrected chi connectivity index (χ4v) is 2.09. The number of halogens is 2. The Labute approximate surface area is 111 Å². The van der Waals surface area contributed by atoms with Gasteiger partial charge in [-0.3, -0.25) is 0 Å². The summed E-state index contributed by atoms with van der Waals surface area (Å²) in [7, 11) is 0. The van der Waals surface area contributed by atoms with Crippen LogP contribution in [0.4, 0.5) is 4.39 Å². The van der Waals surface area contributed by atoms with E-state index < -0.39 is 0 Å². The monoisotopic (exact) mass is 316 g/mol. The van der Waals surface area contributed by atoms with Gasteiger partial charge in [0.1, 0.15) is 17.4 Å². The van der Waals surface area contributed by atoms with E-state index in [4.69, 9.17) is 4.74 Å². The number of ether oxygens (including phenoxy) is 1. The molecule has 0 N–H and O–H groups in total. The molecule has 3 nitrogen and oxygen atoms in total. The second kappa shape index (κ2) is 5.55. The molecule has 0 saturated carbocycles. The minimum atomic E-state index is -0.360. The summed E-state index contributed by atoms with van der Waals surface area (Å²) in [4.78, 5) is 4.20. The number of rotatable bonds is 4. The van der Waals surface area contributed by atoms with Crippen molar-refractivity contribution in [2.24, 2.45) is 0 Å². The standard InChI is InChI=1S/C11H10BrFN2OS/c1-2-3-10-14-11(17-15-10)16-7-4-5-8(12)9(13)6-7/h4-6H,2-3H2,1H3. The molecule has 90 valence electrons. The predicted molar refractivity (Wildman–Crippen MR) is 68.1 cm³/mol. The molecule has 1 aromatic carbocycles. The zero-order chi connectivity index (χ0) is 12.3. The van der Waals surface area contributed by atoms with Crippen LogP contribution in [-0.4, -0.2) is 9.36 Å². The molecular formula is C11H10BrFN2OS. The Kier molecular flexibility index (Phi) is 4.06. The van der Waals surface area contributed by atoms with Crippen LogP contribution in [0.3, 0.4) is 0 Å². The van der Waals surface area contributed by atoms with Gasteiger partial charge in [0.05, 0.1) is 4.47 Å². The fourth-order valence-electron chi connectivity index (χ4n) is 1.25. The Bertz CT molecular complexity index is 518. The largest absolute Gasteiger partial charge is 0.430 e. The molecular weight excluding hydrogens is 307 g/mol. The van der Waals surface area contributed by atoms with Gasteiger partial charge in [-0.1, -0.05) is 6.92 Å². The zero-order valence-electron chi connectivity index (χ0n) is 9.11. The van der Waals surface area contributed by atoms with Gasteiger partial charge in [-0.05, 0) is 34.5 Å².